The summed E-state index contributed by atoms with van der Waals surface area (Å²) in [6, 6.07) is 14.9. The van der Waals surface area contributed by atoms with E-state index in [4.69, 9.17) is 9.90 Å². The number of carbonyl (C=O) groups is 2. The van der Waals surface area contributed by atoms with Crippen LogP contribution in [0.25, 0.3) is 10.9 Å². The Hall–Kier alpha value is -3.33. The first-order chi connectivity index (χ1) is 16.9. The molecule has 1 fully saturated rings. The topological polar surface area (TPSA) is 76.6 Å². The molecule has 0 radical (unpaired) electrons. The molecule has 4 rings (SSSR count). The predicted molar refractivity (Wildman–Crippen MR) is 133 cm³/mol. The van der Waals surface area contributed by atoms with Crippen LogP contribution in [0.2, 0.25) is 0 Å². The molecule has 2 aromatic carbocycles. The lowest BCUT2D eigenvalue weighted by Crippen LogP contribution is -2.33. The average molecular weight is 504 g/mol. The number of aromatic amines is 1. The number of aromatic nitrogens is 1. The third-order valence-electron chi connectivity index (χ3n) is 6.60. The zero-order valence-corrected chi connectivity index (χ0v) is 20.9. The van der Waals surface area contributed by atoms with Crippen LogP contribution in [0, 0.1) is 13.8 Å². The molecule has 9 heteroatoms. The lowest BCUT2D eigenvalue weighted by atomic mass is 9.84. The fourth-order valence-corrected chi connectivity index (χ4v) is 4.85. The van der Waals surface area contributed by atoms with Crippen LogP contribution in [0.3, 0.4) is 0 Å². The second-order valence-electron chi connectivity index (χ2n) is 9.38. The summed E-state index contributed by atoms with van der Waals surface area (Å²) >= 11 is 0. The Balaban J connectivity index is 0.000000454. The van der Waals surface area contributed by atoms with Crippen LogP contribution in [0.5, 0.6) is 0 Å². The van der Waals surface area contributed by atoms with Crippen LogP contribution >= 0.6 is 0 Å². The number of carboxylic acid groups (broad SMARTS) is 1. The molecule has 6 nitrogen and oxygen atoms in total. The number of hydrogen-bond acceptors (Lipinski definition) is 3. The average Bonchev–Trinajstić information content (AvgIpc) is 3.17. The molecule has 36 heavy (non-hydrogen) atoms. The van der Waals surface area contributed by atoms with Crippen LogP contribution in [0.4, 0.5) is 13.2 Å². The Morgan fingerprint density at radius 2 is 1.58 bits per heavy atom. The number of fused-ring (bicyclic) bond motifs is 1. The first-order valence-corrected chi connectivity index (χ1v) is 11.8. The molecular weight excluding hydrogens is 471 g/mol. The van der Waals surface area contributed by atoms with Crippen molar-refractivity contribution in [2.75, 3.05) is 27.2 Å². The monoisotopic (exact) mass is 503 g/mol. The van der Waals surface area contributed by atoms with E-state index in [1.54, 1.807) is 10.5 Å². The Morgan fingerprint density at radius 3 is 2.11 bits per heavy atom. The summed E-state index contributed by atoms with van der Waals surface area (Å²) in [4.78, 5) is 29.2. The van der Waals surface area contributed by atoms with Gasteiger partial charge in [-0.15, -0.1) is 0 Å². The van der Waals surface area contributed by atoms with Crippen molar-refractivity contribution in [1.29, 1.82) is 0 Å². The number of nitrogens with zero attached hydrogens (tertiary/aromatic N) is 2. The third kappa shape index (κ3) is 6.26. The highest BCUT2D eigenvalue weighted by Gasteiger charge is 2.38. The highest BCUT2D eigenvalue weighted by atomic mass is 19.4. The Bertz CT molecular complexity index is 1210. The third-order valence-corrected chi connectivity index (χ3v) is 6.60. The number of rotatable bonds is 4. The molecule has 0 aliphatic carbocycles. The molecule has 2 heterocycles. The molecule has 1 saturated heterocycles. The number of alkyl halides is 3. The standard InChI is InChI=1S/C25H31N3O.C2HF3O2/c1-17-8-7-9-18(2)23(17)19-12-14-28(15-13-19)16-21-20-10-5-6-11-22(20)26-24(21)25(29)27(3)4;3-2(4,5)1(6)7/h5-11,19,26H,12-16H2,1-4H3;(H,6,7). The molecular formula is C27H32F3N3O3. The van der Waals surface area contributed by atoms with E-state index in [0.717, 1.165) is 41.8 Å². The van der Waals surface area contributed by atoms with E-state index in [1.807, 2.05) is 20.2 Å². The number of halogens is 3. The van der Waals surface area contributed by atoms with Gasteiger partial charge in [0.05, 0.1) is 0 Å². The van der Waals surface area contributed by atoms with Gasteiger partial charge in [0.15, 0.2) is 0 Å². The Kier molecular flexibility index (Phi) is 8.45. The number of piperidine rings is 1. The van der Waals surface area contributed by atoms with Gasteiger partial charge in [0.1, 0.15) is 5.69 Å². The Labute approximate surface area is 208 Å². The van der Waals surface area contributed by atoms with Crippen molar-refractivity contribution in [3.05, 3.63) is 70.4 Å². The minimum atomic E-state index is -5.08. The molecule has 1 aromatic heterocycles. The second-order valence-corrected chi connectivity index (χ2v) is 9.38. The summed E-state index contributed by atoms with van der Waals surface area (Å²) in [6.07, 6.45) is -2.74. The maximum Gasteiger partial charge on any atom is 0.490 e. The number of aryl methyl sites for hydroxylation is 2. The number of aliphatic carboxylic acids is 1. The van der Waals surface area contributed by atoms with E-state index in [1.165, 1.54) is 24.0 Å². The lowest BCUT2D eigenvalue weighted by Gasteiger charge is -2.33. The summed E-state index contributed by atoms with van der Waals surface area (Å²) in [6.45, 7) is 7.42. The van der Waals surface area contributed by atoms with Crippen molar-refractivity contribution >= 4 is 22.8 Å². The number of carbonyl (C=O) groups excluding carboxylic acids is 1. The summed E-state index contributed by atoms with van der Waals surface area (Å²) < 4.78 is 31.7. The van der Waals surface area contributed by atoms with Crippen LogP contribution < -0.4 is 0 Å². The number of benzene rings is 2. The van der Waals surface area contributed by atoms with Gasteiger partial charge in [0.25, 0.3) is 5.91 Å². The van der Waals surface area contributed by atoms with Crippen molar-refractivity contribution in [3.8, 4) is 0 Å². The number of likely N-dealkylation sites (tertiary alicyclic amines) is 1. The fourth-order valence-electron chi connectivity index (χ4n) is 4.85. The summed E-state index contributed by atoms with van der Waals surface area (Å²) in [5.41, 5.74) is 7.27. The number of hydrogen-bond donors (Lipinski definition) is 2. The highest BCUT2D eigenvalue weighted by molar-refractivity contribution is 6.00. The number of H-pyrrole nitrogens is 1. The number of amides is 1. The van der Waals surface area contributed by atoms with Crippen molar-refractivity contribution in [1.82, 2.24) is 14.8 Å². The summed E-state index contributed by atoms with van der Waals surface area (Å²) in [5, 5.41) is 8.29. The second kappa shape index (κ2) is 11.2. The molecule has 194 valence electrons. The molecule has 0 saturated carbocycles. The van der Waals surface area contributed by atoms with Gasteiger partial charge in [-0.2, -0.15) is 13.2 Å². The maximum atomic E-state index is 12.8. The quantitative estimate of drug-likeness (QED) is 0.493. The van der Waals surface area contributed by atoms with E-state index in [-0.39, 0.29) is 5.91 Å². The lowest BCUT2D eigenvalue weighted by molar-refractivity contribution is -0.192. The molecule has 0 atom stereocenters. The van der Waals surface area contributed by atoms with Gasteiger partial charge in [-0.25, -0.2) is 4.79 Å². The smallest absolute Gasteiger partial charge is 0.475 e. The van der Waals surface area contributed by atoms with E-state index in [2.05, 4.69) is 60.1 Å². The van der Waals surface area contributed by atoms with Gasteiger partial charge in [0, 0.05) is 37.1 Å². The fraction of sp³-hybridized carbons (Fsp3) is 0.407. The van der Waals surface area contributed by atoms with Crippen LogP contribution in [-0.4, -0.2) is 65.1 Å². The van der Waals surface area contributed by atoms with Crippen LogP contribution in [-0.2, 0) is 11.3 Å². The van der Waals surface area contributed by atoms with Gasteiger partial charge < -0.3 is 15.0 Å². The summed E-state index contributed by atoms with van der Waals surface area (Å²) in [7, 11) is 3.63. The minimum absolute atomic E-state index is 0.0432. The van der Waals surface area contributed by atoms with Crippen molar-refractivity contribution in [2.45, 2.75) is 45.3 Å². The summed E-state index contributed by atoms with van der Waals surface area (Å²) in [5.74, 6) is -2.08. The molecule has 0 spiro atoms. The molecule has 3 aromatic rings. The van der Waals surface area contributed by atoms with Gasteiger partial charge in [0.2, 0.25) is 0 Å². The van der Waals surface area contributed by atoms with Gasteiger partial charge in [-0.05, 0) is 68.5 Å². The van der Waals surface area contributed by atoms with Gasteiger partial charge >= 0.3 is 12.1 Å². The van der Waals surface area contributed by atoms with Crippen LogP contribution in [0.1, 0.15) is 51.5 Å². The van der Waals surface area contributed by atoms with Gasteiger partial charge in [-0.3, -0.25) is 9.69 Å². The van der Waals surface area contributed by atoms with Crippen molar-refractivity contribution in [2.24, 2.45) is 0 Å². The van der Waals surface area contributed by atoms with E-state index in [9.17, 15) is 18.0 Å². The number of para-hydroxylation sites is 1. The molecule has 1 aliphatic rings. The molecule has 2 N–H and O–H groups in total. The zero-order valence-electron chi connectivity index (χ0n) is 20.9. The number of carboxylic acids is 1. The van der Waals surface area contributed by atoms with Gasteiger partial charge in [-0.1, -0.05) is 36.4 Å². The van der Waals surface area contributed by atoms with E-state index >= 15 is 0 Å². The predicted octanol–water partition coefficient (Wildman–Crippen LogP) is 5.50. The normalized spacial score (nSPS) is 14.9. The SMILES string of the molecule is Cc1cccc(C)c1C1CCN(Cc2c(C(=O)N(C)C)[nH]c3ccccc23)CC1.O=C(O)C(F)(F)F. The van der Waals surface area contributed by atoms with Crippen molar-refractivity contribution in [3.63, 3.8) is 0 Å². The number of nitrogens with one attached hydrogen (secondary N) is 1. The van der Waals surface area contributed by atoms with Crippen molar-refractivity contribution < 1.29 is 27.9 Å². The van der Waals surface area contributed by atoms with E-state index < -0.39 is 12.1 Å². The molecule has 1 aliphatic heterocycles. The zero-order chi connectivity index (χ0) is 26.6. The van der Waals surface area contributed by atoms with Crippen LogP contribution in [0.15, 0.2) is 42.5 Å². The molecule has 0 unspecified atom stereocenters. The molecule has 1 amide bonds. The Morgan fingerprint density at radius 1 is 1.03 bits per heavy atom. The largest absolute Gasteiger partial charge is 0.490 e. The first-order valence-electron chi connectivity index (χ1n) is 11.8. The first kappa shape index (κ1) is 27.3. The molecule has 0 bridgehead atoms. The highest BCUT2D eigenvalue weighted by Crippen LogP contribution is 2.34. The minimum Gasteiger partial charge on any atom is -0.475 e. The maximum absolute atomic E-state index is 12.8. The van der Waals surface area contributed by atoms with E-state index in [0.29, 0.717) is 5.92 Å².